The van der Waals surface area contributed by atoms with E-state index in [0.717, 1.165) is 5.56 Å². The zero-order chi connectivity index (χ0) is 24.0. The zero-order valence-electron chi connectivity index (χ0n) is 19.2. The van der Waals surface area contributed by atoms with Crippen molar-refractivity contribution >= 4 is 23.5 Å². The van der Waals surface area contributed by atoms with E-state index in [-0.39, 0.29) is 24.8 Å². The SMILES string of the molecule is COC(=O)c1ccc(CCNC(=O)C2CC(=O)N(c3cc(OC)c(OC)c(OC)c3)C2)cc1. The molecule has 33 heavy (non-hydrogen) atoms. The number of hydrogen-bond donors (Lipinski definition) is 1. The Morgan fingerprint density at radius 2 is 1.64 bits per heavy atom. The predicted molar refractivity (Wildman–Crippen MR) is 121 cm³/mol. The first-order valence-electron chi connectivity index (χ1n) is 10.5. The van der Waals surface area contributed by atoms with Crippen molar-refractivity contribution in [1.82, 2.24) is 5.32 Å². The lowest BCUT2D eigenvalue weighted by atomic mass is 10.1. The molecule has 0 bridgehead atoms. The maximum Gasteiger partial charge on any atom is 0.337 e. The average molecular weight is 456 g/mol. The Morgan fingerprint density at radius 1 is 1.00 bits per heavy atom. The number of hydrogen-bond acceptors (Lipinski definition) is 7. The first kappa shape index (κ1) is 23.9. The minimum Gasteiger partial charge on any atom is -0.493 e. The summed E-state index contributed by atoms with van der Waals surface area (Å²) in [4.78, 5) is 38.4. The molecule has 1 N–H and O–H groups in total. The van der Waals surface area contributed by atoms with Gasteiger partial charge in [-0.25, -0.2) is 4.79 Å². The molecule has 1 saturated heterocycles. The molecule has 176 valence electrons. The Balaban J connectivity index is 1.59. The topological polar surface area (TPSA) is 103 Å². The van der Waals surface area contributed by atoms with Gasteiger partial charge >= 0.3 is 5.97 Å². The van der Waals surface area contributed by atoms with Crippen LogP contribution in [0.2, 0.25) is 0 Å². The fourth-order valence-electron chi connectivity index (χ4n) is 3.76. The Labute approximate surface area is 192 Å². The molecule has 1 atom stereocenters. The van der Waals surface area contributed by atoms with Gasteiger partial charge in [-0.2, -0.15) is 0 Å². The van der Waals surface area contributed by atoms with Crippen LogP contribution < -0.4 is 24.4 Å². The maximum absolute atomic E-state index is 12.7. The number of nitrogens with one attached hydrogen (secondary N) is 1. The summed E-state index contributed by atoms with van der Waals surface area (Å²) in [5.74, 6) is 0.129. The highest BCUT2D eigenvalue weighted by atomic mass is 16.5. The number of methoxy groups -OCH3 is 4. The molecule has 0 saturated carbocycles. The number of carbonyl (C=O) groups is 3. The monoisotopic (exact) mass is 456 g/mol. The number of rotatable bonds is 9. The molecule has 1 aliphatic heterocycles. The second kappa shape index (κ2) is 10.7. The van der Waals surface area contributed by atoms with Crippen LogP contribution in [0.3, 0.4) is 0 Å². The third-order valence-electron chi connectivity index (χ3n) is 5.54. The van der Waals surface area contributed by atoms with Gasteiger partial charge in [0.15, 0.2) is 11.5 Å². The van der Waals surface area contributed by atoms with E-state index in [1.54, 1.807) is 29.2 Å². The number of esters is 1. The molecule has 1 fully saturated rings. The molecule has 2 aromatic carbocycles. The lowest BCUT2D eigenvalue weighted by Gasteiger charge is -2.20. The van der Waals surface area contributed by atoms with Gasteiger partial charge in [0.1, 0.15) is 0 Å². The summed E-state index contributed by atoms with van der Waals surface area (Å²) >= 11 is 0. The summed E-state index contributed by atoms with van der Waals surface area (Å²) in [6.45, 7) is 0.683. The smallest absolute Gasteiger partial charge is 0.337 e. The van der Waals surface area contributed by atoms with E-state index in [0.29, 0.717) is 41.5 Å². The van der Waals surface area contributed by atoms with Gasteiger partial charge in [-0.05, 0) is 24.1 Å². The molecule has 2 amide bonds. The van der Waals surface area contributed by atoms with Gasteiger partial charge < -0.3 is 29.2 Å². The zero-order valence-corrected chi connectivity index (χ0v) is 19.2. The second-order valence-corrected chi connectivity index (χ2v) is 7.52. The number of amides is 2. The van der Waals surface area contributed by atoms with Crippen LogP contribution in [-0.2, 0) is 20.7 Å². The summed E-state index contributed by atoms with van der Waals surface area (Å²) in [6, 6.07) is 10.4. The standard InChI is InChI=1S/C24H28N2O7/c1-30-19-12-18(13-20(31-2)22(19)32-3)26-14-17(11-21(26)27)23(28)25-10-9-15-5-7-16(8-6-15)24(29)33-4/h5-8,12-13,17H,9-11,14H2,1-4H3,(H,25,28). The molecule has 0 aliphatic carbocycles. The van der Waals surface area contributed by atoms with Crippen molar-refractivity contribution in [3.8, 4) is 17.2 Å². The van der Waals surface area contributed by atoms with Gasteiger partial charge in [-0.3, -0.25) is 9.59 Å². The molecule has 3 rings (SSSR count). The number of benzene rings is 2. The average Bonchev–Trinajstić information content (AvgIpc) is 3.24. The van der Waals surface area contributed by atoms with E-state index in [1.165, 1.54) is 28.4 Å². The quantitative estimate of drug-likeness (QED) is 0.577. The Kier molecular flexibility index (Phi) is 7.76. The minimum absolute atomic E-state index is 0.121. The number of anilines is 1. The summed E-state index contributed by atoms with van der Waals surface area (Å²) in [5, 5.41) is 2.90. The van der Waals surface area contributed by atoms with Crippen LogP contribution in [0.5, 0.6) is 17.2 Å². The van der Waals surface area contributed by atoms with Gasteiger partial charge in [-0.15, -0.1) is 0 Å². The van der Waals surface area contributed by atoms with E-state index < -0.39 is 11.9 Å². The summed E-state index contributed by atoms with van der Waals surface area (Å²) < 4.78 is 20.7. The van der Waals surface area contributed by atoms with Gasteiger partial charge in [0.25, 0.3) is 0 Å². The molecule has 0 radical (unpaired) electrons. The highest BCUT2D eigenvalue weighted by molar-refractivity contribution is 6.00. The number of carbonyl (C=O) groups excluding carboxylic acids is 3. The van der Waals surface area contributed by atoms with Crippen molar-refractivity contribution in [2.45, 2.75) is 12.8 Å². The number of ether oxygens (including phenoxy) is 4. The summed E-state index contributed by atoms with van der Waals surface area (Å²) in [5.41, 5.74) is 2.03. The van der Waals surface area contributed by atoms with Gasteiger partial charge in [0.05, 0.1) is 45.6 Å². The van der Waals surface area contributed by atoms with E-state index >= 15 is 0 Å². The highest BCUT2D eigenvalue weighted by Gasteiger charge is 2.35. The number of nitrogens with zero attached hydrogens (tertiary/aromatic N) is 1. The van der Waals surface area contributed by atoms with Crippen LogP contribution in [0.25, 0.3) is 0 Å². The second-order valence-electron chi connectivity index (χ2n) is 7.52. The normalized spacial score (nSPS) is 15.2. The first-order chi connectivity index (χ1) is 15.9. The summed E-state index contributed by atoms with van der Waals surface area (Å²) in [7, 11) is 5.86. The first-order valence-corrected chi connectivity index (χ1v) is 10.5. The molecule has 9 nitrogen and oxygen atoms in total. The largest absolute Gasteiger partial charge is 0.493 e. The van der Waals surface area contributed by atoms with E-state index in [1.807, 2.05) is 12.1 Å². The minimum atomic E-state index is -0.460. The lowest BCUT2D eigenvalue weighted by molar-refractivity contribution is -0.126. The van der Waals surface area contributed by atoms with Crippen molar-refractivity contribution < 1.29 is 33.3 Å². The van der Waals surface area contributed by atoms with Crippen molar-refractivity contribution in [3.05, 3.63) is 47.5 Å². The molecule has 1 aliphatic rings. The third-order valence-corrected chi connectivity index (χ3v) is 5.54. The lowest BCUT2D eigenvalue weighted by Crippen LogP contribution is -2.34. The molecule has 0 aromatic heterocycles. The fraction of sp³-hybridized carbons (Fsp3) is 0.375. The molecule has 1 unspecified atom stereocenters. The van der Waals surface area contributed by atoms with E-state index in [4.69, 9.17) is 14.2 Å². The molecule has 0 spiro atoms. The molecular weight excluding hydrogens is 428 g/mol. The van der Waals surface area contributed by atoms with Gasteiger partial charge in [0, 0.05) is 31.6 Å². The van der Waals surface area contributed by atoms with Gasteiger partial charge in [0.2, 0.25) is 17.6 Å². The predicted octanol–water partition coefficient (Wildman–Crippen LogP) is 2.21. The Bertz CT molecular complexity index is 995. The molecule has 2 aromatic rings. The van der Waals surface area contributed by atoms with Crippen LogP contribution in [0.1, 0.15) is 22.3 Å². The maximum atomic E-state index is 12.7. The van der Waals surface area contributed by atoms with Crippen LogP contribution in [0, 0.1) is 5.92 Å². The van der Waals surface area contributed by atoms with Crippen LogP contribution in [0.15, 0.2) is 36.4 Å². The van der Waals surface area contributed by atoms with Crippen molar-refractivity contribution in [2.75, 3.05) is 46.4 Å². The highest BCUT2D eigenvalue weighted by Crippen LogP contribution is 2.42. The third kappa shape index (κ3) is 5.36. The molecule has 9 heteroatoms. The van der Waals surface area contributed by atoms with Crippen molar-refractivity contribution in [1.29, 1.82) is 0 Å². The van der Waals surface area contributed by atoms with Crippen LogP contribution in [0.4, 0.5) is 5.69 Å². The summed E-state index contributed by atoms with van der Waals surface area (Å²) in [6.07, 6.45) is 0.723. The molecule has 1 heterocycles. The van der Waals surface area contributed by atoms with Crippen LogP contribution >= 0.6 is 0 Å². The van der Waals surface area contributed by atoms with E-state index in [2.05, 4.69) is 10.1 Å². The van der Waals surface area contributed by atoms with Crippen LogP contribution in [-0.4, -0.2) is 59.3 Å². The Morgan fingerprint density at radius 3 is 2.18 bits per heavy atom. The fourth-order valence-corrected chi connectivity index (χ4v) is 3.76. The van der Waals surface area contributed by atoms with Crippen molar-refractivity contribution in [3.63, 3.8) is 0 Å². The van der Waals surface area contributed by atoms with Gasteiger partial charge in [-0.1, -0.05) is 12.1 Å². The van der Waals surface area contributed by atoms with E-state index in [9.17, 15) is 14.4 Å². The van der Waals surface area contributed by atoms with Crippen molar-refractivity contribution in [2.24, 2.45) is 5.92 Å². The Hall–Kier alpha value is -3.75. The molecular formula is C24H28N2O7.